The molecular weight excluding hydrogens is 336 g/mol. The van der Waals surface area contributed by atoms with Gasteiger partial charge in [-0.1, -0.05) is 0 Å². The van der Waals surface area contributed by atoms with Crippen LogP contribution in [0.1, 0.15) is 25.0 Å². The molecule has 0 amide bonds. The second kappa shape index (κ2) is 6.23. The average Bonchev–Trinajstić information content (AvgIpc) is 3.02. The SMILES string of the molecule is Cc1cc2cc(Nc3n[nH]c4cccnc34)ccc2c(N(C)C2CCC2)n1. The van der Waals surface area contributed by atoms with E-state index in [9.17, 15) is 0 Å². The van der Waals surface area contributed by atoms with Gasteiger partial charge in [-0.15, -0.1) is 0 Å². The summed E-state index contributed by atoms with van der Waals surface area (Å²) in [5.74, 6) is 1.82. The van der Waals surface area contributed by atoms with Crippen LogP contribution in [0.25, 0.3) is 21.8 Å². The molecule has 6 heteroatoms. The number of nitrogens with zero attached hydrogens (tertiary/aromatic N) is 4. The van der Waals surface area contributed by atoms with E-state index in [0.29, 0.717) is 6.04 Å². The van der Waals surface area contributed by atoms with Crippen LogP contribution in [0.2, 0.25) is 0 Å². The number of pyridine rings is 2. The van der Waals surface area contributed by atoms with E-state index in [1.54, 1.807) is 6.20 Å². The highest BCUT2D eigenvalue weighted by molar-refractivity contribution is 5.96. The molecule has 5 rings (SSSR count). The van der Waals surface area contributed by atoms with Gasteiger partial charge in [0.05, 0.1) is 5.52 Å². The van der Waals surface area contributed by atoms with Crippen LogP contribution >= 0.6 is 0 Å². The zero-order valence-electron chi connectivity index (χ0n) is 15.5. The van der Waals surface area contributed by atoms with E-state index in [1.165, 1.54) is 30.0 Å². The van der Waals surface area contributed by atoms with Crippen molar-refractivity contribution in [3.63, 3.8) is 0 Å². The lowest BCUT2D eigenvalue weighted by Gasteiger charge is -2.36. The Kier molecular flexibility index (Phi) is 3.70. The standard InChI is InChI=1S/C21H22N6/c1-13-11-14-12-15(24-20-19-18(25-26-20)7-4-10-22-19)8-9-17(14)21(23-13)27(2)16-5-3-6-16/h4,7-12,16H,3,5-6H2,1-2H3,(H2,24,25,26). The number of rotatable bonds is 4. The Labute approximate surface area is 157 Å². The summed E-state index contributed by atoms with van der Waals surface area (Å²) in [6.45, 7) is 2.06. The van der Waals surface area contributed by atoms with E-state index < -0.39 is 0 Å². The Morgan fingerprint density at radius 1 is 1.19 bits per heavy atom. The van der Waals surface area contributed by atoms with Crippen molar-refractivity contribution in [2.45, 2.75) is 32.2 Å². The van der Waals surface area contributed by atoms with Crippen molar-refractivity contribution in [1.29, 1.82) is 0 Å². The minimum absolute atomic E-state index is 0.613. The first-order valence-corrected chi connectivity index (χ1v) is 9.39. The van der Waals surface area contributed by atoms with Crippen LogP contribution in [-0.4, -0.2) is 33.3 Å². The number of fused-ring (bicyclic) bond motifs is 2. The Bertz CT molecular complexity index is 1130. The predicted octanol–water partition coefficient (Wildman–Crippen LogP) is 4.55. The molecule has 1 aromatic carbocycles. The molecule has 3 heterocycles. The molecule has 0 unspecified atom stereocenters. The lowest BCUT2D eigenvalue weighted by molar-refractivity contribution is 0.400. The van der Waals surface area contributed by atoms with Crippen LogP contribution in [0, 0.1) is 6.92 Å². The fourth-order valence-corrected chi connectivity index (χ4v) is 3.74. The van der Waals surface area contributed by atoms with E-state index in [2.05, 4.69) is 63.6 Å². The summed E-state index contributed by atoms with van der Waals surface area (Å²) in [5, 5.41) is 13.1. The van der Waals surface area contributed by atoms with Crippen molar-refractivity contribution in [3.05, 3.63) is 48.3 Å². The molecule has 1 fully saturated rings. The quantitative estimate of drug-likeness (QED) is 0.560. The molecular formula is C21H22N6. The minimum Gasteiger partial charge on any atom is -0.356 e. The summed E-state index contributed by atoms with van der Waals surface area (Å²) in [7, 11) is 2.17. The first-order chi connectivity index (χ1) is 13.2. The number of aromatic amines is 1. The summed E-state index contributed by atoms with van der Waals surface area (Å²) >= 11 is 0. The zero-order chi connectivity index (χ0) is 18.4. The Morgan fingerprint density at radius 2 is 2.07 bits per heavy atom. The molecule has 1 aliphatic carbocycles. The first-order valence-electron chi connectivity index (χ1n) is 9.39. The highest BCUT2D eigenvalue weighted by Crippen LogP contribution is 2.34. The van der Waals surface area contributed by atoms with Gasteiger partial charge in [0.1, 0.15) is 11.3 Å². The second-order valence-corrected chi connectivity index (χ2v) is 7.32. The molecule has 3 aromatic heterocycles. The van der Waals surface area contributed by atoms with Crippen molar-refractivity contribution < 1.29 is 0 Å². The normalized spacial score (nSPS) is 14.4. The maximum atomic E-state index is 4.83. The van der Waals surface area contributed by atoms with Crippen LogP contribution in [0.5, 0.6) is 0 Å². The lowest BCUT2D eigenvalue weighted by Crippen LogP contribution is -2.37. The van der Waals surface area contributed by atoms with Crippen molar-refractivity contribution in [2.24, 2.45) is 0 Å². The van der Waals surface area contributed by atoms with Gasteiger partial charge in [0, 0.05) is 36.1 Å². The van der Waals surface area contributed by atoms with Gasteiger partial charge in [-0.3, -0.25) is 10.1 Å². The molecule has 2 N–H and O–H groups in total. The molecule has 0 aliphatic heterocycles. The molecule has 0 radical (unpaired) electrons. The number of aromatic nitrogens is 4. The fraction of sp³-hybridized carbons (Fsp3) is 0.286. The van der Waals surface area contributed by atoms with E-state index in [4.69, 9.17) is 4.98 Å². The maximum absolute atomic E-state index is 4.83. The van der Waals surface area contributed by atoms with Crippen molar-refractivity contribution >= 4 is 39.1 Å². The molecule has 0 bridgehead atoms. The van der Waals surface area contributed by atoms with Gasteiger partial charge in [0.25, 0.3) is 0 Å². The van der Waals surface area contributed by atoms with Gasteiger partial charge in [-0.2, -0.15) is 5.10 Å². The first kappa shape index (κ1) is 16.1. The summed E-state index contributed by atoms with van der Waals surface area (Å²) in [6.07, 6.45) is 5.61. The highest BCUT2D eigenvalue weighted by Gasteiger charge is 2.24. The largest absolute Gasteiger partial charge is 0.356 e. The van der Waals surface area contributed by atoms with Crippen LogP contribution in [0.4, 0.5) is 17.3 Å². The monoisotopic (exact) mass is 358 g/mol. The van der Waals surface area contributed by atoms with Gasteiger partial charge in [0.15, 0.2) is 5.82 Å². The van der Waals surface area contributed by atoms with Gasteiger partial charge in [-0.25, -0.2) is 4.98 Å². The van der Waals surface area contributed by atoms with Crippen LogP contribution < -0.4 is 10.2 Å². The highest BCUT2D eigenvalue weighted by atomic mass is 15.2. The van der Waals surface area contributed by atoms with E-state index >= 15 is 0 Å². The molecule has 1 aliphatic rings. The topological polar surface area (TPSA) is 69.7 Å². The van der Waals surface area contributed by atoms with Crippen LogP contribution in [0.3, 0.4) is 0 Å². The molecule has 0 spiro atoms. The van der Waals surface area contributed by atoms with Crippen LogP contribution in [0.15, 0.2) is 42.6 Å². The number of hydrogen-bond donors (Lipinski definition) is 2. The third-order valence-electron chi connectivity index (χ3n) is 5.48. The van der Waals surface area contributed by atoms with Gasteiger partial charge in [0.2, 0.25) is 0 Å². The number of hydrogen-bond acceptors (Lipinski definition) is 5. The maximum Gasteiger partial charge on any atom is 0.178 e. The van der Waals surface area contributed by atoms with Crippen molar-refractivity contribution in [2.75, 3.05) is 17.3 Å². The smallest absolute Gasteiger partial charge is 0.178 e. The predicted molar refractivity (Wildman–Crippen MR) is 110 cm³/mol. The van der Waals surface area contributed by atoms with Crippen LogP contribution in [-0.2, 0) is 0 Å². The lowest BCUT2D eigenvalue weighted by atomic mass is 9.91. The van der Waals surface area contributed by atoms with E-state index in [0.717, 1.165) is 34.1 Å². The fourth-order valence-electron chi connectivity index (χ4n) is 3.74. The Morgan fingerprint density at radius 3 is 2.89 bits per heavy atom. The molecule has 0 saturated heterocycles. The number of benzene rings is 1. The molecule has 4 aromatic rings. The summed E-state index contributed by atoms with van der Waals surface area (Å²) in [4.78, 5) is 11.6. The van der Waals surface area contributed by atoms with Crippen molar-refractivity contribution in [3.8, 4) is 0 Å². The van der Waals surface area contributed by atoms with Gasteiger partial charge in [-0.05, 0) is 68.0 Å². The Balaban J connectivity index is 1.53. The summed E-state index contributed by atoms with van der Waals surface area (Å²) in [5.41, 5.74) is 3.79. The van der Waals surface area contributed by atoms with Gasteiger partial charge >= 0.3 is 0 Å². The molecule has 0 atom stereocenters. The third-order valence-corrected chi connectivity index (χ3v) is 5.48. The summed E-state index contributed by atoms with van der Waals surface area (Å²) < 4.78 is 0. The third kappa shape index (κ3) is 2.77. The number of H-pyrrole nitrogens is 1. The minimum atomic E-state index is 0.613. The molecule has 27 heavy (non-hydrogen) atoms. The number of nitrogens with one attached hydrogen (secondary N) is 2. The van der Waals surface area contributed by atoms with E-state index in [1.807, 2.05) is 12.1 Å². The van der Waals surface area contributed by atoms with Crippen molar-refractivity contribution in [1.82, 2.24) is 20.2 Å². The zero-order valence-corrected chi connectivity index (χ0v) is 15.5. The summed E-state index contributed by atoms with van der Waals surface area (Å²) in [6, 6.07) is 13.0. The second-order valence-electron chi connectivity index (χ2n) is 7.32. The molecule has 1 saturated carbocycles. The van der Waals surface area contributed by atoms with E-state index in [-0.39, 0.29) is 0 Å². The number of aryl methyl sites for hydroxylation is 1. The Hall–Kier alpha value is -3.15. The average molecular weight is 358 g/mol. The molecule has 136 valence electrons. The number of anilines is 3. The van der Waals surface area contributed by atoms with Gasteiger partial charge < -0.3 is 10.2 Å². The molecule has 6 nitrogen and oxygen atoms in total.